The number of allylic oxidation sites excluding steroid dienone is 1. The topological polar surface area (TPSA) is 37.3 Å². The Morgan fingerprint density at radius 1 is 0.567 bits per heavy atom. The number of ketones is 1. The first-order chi connectivity index (χ1) is 14.7. The van der Waals surface area contributed by atoms with Crippen LogP contribution in [0.3, 0.4) is 0 Å². The maximum absolute atomic E-state index is 11.8. The summed E-state index contributed by atoms with van der Waals surface area (Å²) in [4.78, 5) is 11.8. The zero-order valence-corrected chi connectivity index (χ0v) is 21.0. The molecule has 0 aromatic heterocycles. The van der Waals surface area contributed by atoms with E-state index >= 15 is 0 Å². The summed E-state index contributed by atoms with van der Waals surface area (Å²) >= 11 is -0.866. The molecule has 3 heteroatoms. The second-order valence-corrected chi connectivity index (χ2v) is 12.9. The third-order valence-corrected chi connectivity index (χ3v) is 9.91. The van der Waals surface area contributed by atoms with E-state index in [1.807, 2.05) is 24.3 Å². The molecule has 0 aliphatic heterocycles. The van der Waals surface area contributed by atoms with Crippen LogP contribution < -0.4 is 6.25 Å². The van der Waals surface area contributed by atoms with Crippen molar-refractivity contribution in [3.05, 3.63) is 139 Å². The number of hydrogen-bond donors (Lipinski definition) is 1. The van der Waals surface area contributed by atoms with Gasteiger partial charge in [-0.1, -0.05) is 60.7 Å². The molecule has 0 saturated carbocycles. The minimum absolute atomic E-state index is 0.0144. The molecule has 4 aromatic rings. The molecule has 0 aliphatic rings. The predicted molar refractivity (Wildman–Crippen MR) is 126 cm³/mol. The van der Waals surface area contributed by atoms with E-state index in [0.29, 0.717) is 11.1 Å². The van der Waals surface area contributed by atoms with Gasteiger partial charge in [0.05, 0.1) is 0 Å². The van der Waals surface area contributed by atoms with E-state index < -0.39 is 24.2 Å². The average Bonchev–Trinajstić information content (AvgIpc) is 2.82. The van der Waals surface area contributed by atoms with Crippen LogP contribution >= 0.6 is 0 Å². The number of aliphatic hydroxyl groups is 1. The van der Waals surface area contributed by atoms with Gasteiger partial charge in [0.25, 0.3) is 0 Å². The van der Waals surface area contributed by atoms with Crippen molar-refractivity contribution < 1.29 is 9.90 Å². The molecule has 0 spiro atoms. The molecule has 0 saturated heterocycles. The third kappa shape index (κ3) is 7.12. The summed E-state index contributed by atoms with van der Waals surface area (Å²) in [5.74, 6) is -0.216. The molecule has 4 aromatic carbocycles. The van der Waals surface area contributed by atoms with Gasteiger partial charge in [-0.15, -0.1) is 0 Å². The van der Waals surface area contributed by atoms with E-state index in [4.69, 9.17) is 0 Å². The molecular formula is C27H22O2Tl. The van der Waals surface area contributed by atoms with Gasteiger partial charge in [0.2, 0.25) is 0 Å². The van der Waals surface area contributed by atoms with Crippen LogP contribution in [0.1, 0.15) is 15.9 Å². The first-order valence-corrected chi connectivity index (χ1v) is 14.2. The molecule has 0 bridgehead atoms. The number of rotatable bonds is 5. The van der Waals surface area contributed by atoms with Gasteiger partial charge in [-0.2, -0.15) is 0 Å². The Labute approximate surface area is 189 Å². The van der Waals surface area contributed by atoms with Crippen LogP contribution in [0, 0.1) is 0 Å². The van der Waals surface area contributed by atoms with E-state index in [9.17, 15) is 9.90 Å². The molecule has 0 atom stereocenters. The number of aliphatic hydroxyl groups excluding tert-OH is 1. The Bertz CT molecular complexity index is 1020. The summed E-state index contributed by atoms with van der Waals surface area (Å²) in [7, 11) is 0. The van der Waals surface area contributed by atoms with E-state index in [2.05, 4.69) is 60.7 Å². The Morgan fingerprint density at radius 2 is 0.933 bits per heavy atom. The van der Waals surface area contributed by atoms with Gasteiger partial charge in [-0.3, -0.25) is 4.79 Å². The molecule has 0 unspecified atom stereocenters. The average molecular weight is 583 g/mol. The number of hydrogen-bond acceptors (Lipinski definition) is 2. The van der Waals surface area contributed by atoms with E-state index in [-0.39, 0.29) is 11.5 Å². The van der Waals surface area contributed by atoms with Crippen molar-refractivity contribution in [1.82, 2.24) is 0 Å². The Balaban J connectivity index is 0.000000177. The van der Waals surface area contributed by atoms with Gasteiger partial charge in [-0.25, -0.2) is 0 Å². The van der Waals surface area contributed by atoms with Gasteiger partial charge in [0.1, 0.15) is 5.76 Å². The summed E-state index contributed by atoms with van der Waals surface area (Å²) in [5, 5.41) is 9.79. The van der Waals surface area contributed by atoms with E-state index in [0.717, 1.165) is 0 Å². The second-order valence-electron chi connectivity index (χ2n) is 6.59. The van der Waals surface area contributed by atoms with Gasteiger partial charge >= 0.3 is 91.1 Å². The molecule has 4 rings (SSSR count). The van der Waals surface area contributed by atoms with Crippen LogP contribution in [0.2, 0.25) is 0 Å². The molecule has 30 heavy (non-hydrogen) atoms. The first kappa shape index (κ1) is 21.7. The molecule has 0 amide bonds. The second kappa shape index (κ2) is 11.9. The molecule has 0 heterocycles. The molecule has 0 radical (unpaired) electrons. The van der Waals surface area contributed by atoms with Crippen molar-refractivity contribution in [2.45, 2.75) is 0 Å². The van der Waals surface area contributed by atoms with Crippen LogP contribution in [0.25, 0.3) is 5.76 Å². The molecule has 0 aliphatic carbocycles. The number of carbonyl (C=O) groups is 1. The van der Waals surface area contributed by atoms with Crippen molar-refractivity contribution in [3.63, 3.8) is 0 Å². The fraction of sp³-hybridized carbons (Fsp3) is 0. The minimum atomic E-state index is -0.866. The molecule has 2 nitrogen and oxygen atoms in total. The van der Waals surface area contributed by atoms with Crippen molar-refractivity contribution >= 4 is 42.0 Å². The third-order valence-electron chi connectivity index (χ3n) is 4.33. The van der Waals surface area contributed by atoms with Gasteiger partial charge in [0, 0.05) is 17.2 Å². The number of benzene rings is 4. The van der Waals surface area contributed by atoms with E-state index in [1.54, 1.807) is 42.6 Å². The van der Waals surface area contributed by atoms with Crippen molar-refractivity contribution in [2.24, 2.45) is 0 Å². The first-order valence-electron chi connectivity index (χ1n) is 9.73. The summed E-state index contributed by atoms with van der Waals surface area (Å²) in [5.41, 5.74) is 1.20. The summed E-state index contributed by atoms with van der Waals surface area (Å²) in [6, 6.07) is 39.6. The van der Waals surface area contributed by atoms with Gasteiger partial charge in [-0.05, 0) is 0 Å². The fourth-order valence-electron chi connectivity index (χ4n) is 2.79. The van der Waals surface area contributed by atoms with Crippen molar-refractivity contribution in [1.29, 1.82) is 0 Å². The van der Waals surface area contributed by atoms with Crippen LogP contribution in [0.4, 0.5) is 0 Å². The summed E-state index contributed by atoms with van der Waals surface area (Å²) in [6.45, 7) is 0. The number of carbonyl (C=O) groups excluding carboxylic acids is 1. The molecule has 0 fully saturated rings. The SMILES string of the molecule is O=C(/C=C(\O)c1ccccc1)c1ccccc1.c1cc[c]([Tl][c]2ccccc2)cc1. The van der Waals surface area contributed by atoms with Crippen LogP contribution in [0.15, 0.2) is 127 Å². The normalized spacial score (nSPS) is 10.3. The molecular weight excluding hydrogens is 561 g/mol. The van der Waals surface area contributed by atoms with Crippen molar-refractivity contribution in [2.75, 3.05) is 0 Å². The Hall–Kier alpha value is -2.99. The monoisotopic (exact) mass is 583 g/mol. The van der Waals surface area contributed by atoms with Gasteiger partial charge in [0.15, 0.2) is 5.78 Å². The van der Waals surface area contributed by atoms with Crippen LogP contribution in [-0.4, -0.2) is 35.1 Å². The predicted octanol–water partition coefficient (Wildman–Crippen LogP) is 4.81. The Kier molecular flexibility index (Phi) is 8.60. The van der Waals surface area contributed by atoms with E-state index in [1.165, 1.54) is 6.08 Å². The fourth-order valence-corrected chi connectivity index (χ4v) is 7.51. The Morgan fingerprint density at radius 3 is 1.37 bits per heavy atom. The quantitative estimate of drug-likeness (QED) is 0.159. The summed E-state index contributed by atoms with van der Waals surface area (Å²) in [6.07, 6.45) is 1.24. The van der Waals surface area contributed by atoms with Crippen LogP contribution in [0.5, 0.6) is 0 Å². The molecule has 145 valence electrons. The standard InChI is InChI=1S/C15H12O2.2C6H5.Tl/c16-14(12-7-3-1-4-8-12)11-15(17)13-9-5-2-6-10-13;2*1-2-4-6-5-3-1;/h1-11,16H;2*1-5H;/b14-11-;;;. The van der Waals surface area contributed by atoms with Crippen molar-refractivity contribution in [3.8, 4) is 0 Å². The maximum atomic E-state index is 11.8. The van der Waals surface area contributed by atoms with Crippen LogP contribution in [-0.2, 0) is 0 Å². The van der Waals surface area contributed by atoms with Gasteiger partial charge < -0.3 is 5.11 Å². The summed E-state index contributed by atoms with van der Waals surface area (Å²) < 4.78 is 3.16. The zero-order valence-electron chi connectivity index (χ0n) is 16.6. The molecule has 1 N–H and O–H groups in total. The zero-order chi connectivity index (χ0) is 21.0.